The summed E-state index contributed by atoms with van der Waals surface area (Å²) in [5.74, 6) is 0. The molecule has 0 amide bonds. The summed E-state index contributed by atoms with van der Waals surface area (Å²) >= 11 is 5.89. The predicted octanol–water partition coefficient (Wildman–Crippen LogP) is 2.56. The van der Waals surface area contributed by atoms with Crippen molar-refractivity contribution in [3.8, 4) is 16.9 Å². The van der Waals surface area contributed by atoms with Gasteiger partial charge in [0.15, 0.2) is 0 Å². The Bertz CT molecular complexity index is 708. The number of nitrogen functional groups attached to an aromatic ring is 1. The highest BCUT2D eigenvalue weighted by Gasteiger charge is 2.06. The Labute approximate surface area is 114 Å². The predicted molar refractivity (Wildman–Crippen MR) is 74.0 cm³/mol. The Kier molecular flexibility index (Phi) is 2.89. The fourth-order valence-corrected chi connectivity index (χ4v) is 1.83. The van der Waals surface area contributed by atoms with E-state index in [0.29, 0.717) is 10.7 Å². The molecule has 2 heterocycles. The fourth-order valence-electron chi connectivity index (χ4n) is 1.71. The number of rotatable bonds is 2. The largest absolute Gasteiger partial charge is 0.397 e. The van der Waals surface area contributed by atoms with Gasteiger partial charge < -0.3 is 5.73 Å². The highest BCUT2D eigenvalue weighted by molar-refractivity contribution is 6.33. The molecule has 0 aliphatic heterocycles. The van der Waals surface area contributed by atoms with E-state index in [2.05, 4.69) is 15.3 Å². The van der Waals surface area contributed by atoms with Crippen LogP contribution >= 0.6 is 11.6 Å². The van der Waals surface area contributed by atoms with Crippen molar-refractivity contribution in [3.05, 3.63) is 53.9 Å². The third-order valence-electron chi connectivity index (χ3n) is 2.69. The SMILES string of the molecule is Nc1cc(-n2cc(-c3cccnc3)nn2)ccc1Cl. The molecule has 2 aromatic heterocycles. The van der Waals surface area contributed by atoms with Gasteiger partial charge in [0.1, 0.15) is 5.69 Å². The lowest BCUT2D eigenvalue weighted by Crippen LogP contribution is -1.96. The van der Waals surface area contributed by atoms with Crippen molar-refractivity contribution in [2.45, 2.75) is 0 Å². The maximum Gasteiger partial charge on any atom is 0.115 e. The van der Waals surface area contributed by atoms with Crippen molar-refractivity contribution in [1.82, 2.24) is 20.0 Å². The Morgan fingerprint density at radius 3 is 2.84 bits per heavy atom. The van der Waals surface area contributed by atoms with Crippen LogP contribution in [0.15, 0.2) is 48.9 Å². The van der Waals surface area contributed by atoms with Crippen LogP contribution < -0.4 is 5.73 Å². The maximum absolute atomic E-state index is 5.89. The molecule has 0 aliphatic rings. The van der Waals surface area contributed by atoms with Gasteiger partial charge in [-0.1, -0.05) is 16.8 Å². The summed E-state index contributed by atoms with van der Waals surface area (Å²) in [5.41, 5.74) is 8.76. The number of nitrogens with zero attached hydrogens (tertiary/aromatic N) is 4. The number of halogens is 1. The second kappa shape index (κ2) is 4.70. The Hall–Kier alpha value is -2.40. The second-order valence-electron chi connectivity index (χ2n) is 4.00. The molecule has 0 unspecified atom stereocenters. The lowest BCUT2D eigenvalue weighted by Gasteiger charge is -2.02. The summed E-state index contributed by atoms with van der Waals surface area (Å²) in [7, 11) is 0. The minimum absolute atomic E-state index is 0.512. The highest BCUT2D eigenvalue weighted by atomic mass is 35.5. The third kappa shape index (κ3) is 2.28. The van der Waals surface area contributed by atoms with Crippen LogP contribution in [0.5, 0.6) is 0 Å². The van der Waals surface area contributed by atoms with Crippen LogP contribution in [0.1, 0.15) is 0 Å². The summed E-state index contributed by atoms with van der Waals surface area (Å²) in [6.45, 7) is 0. The number of hydrogen-bond donors (Lipinski definition) is 1. The first-order valence-corrected chi connectivity index (χ1v) is 6.00. The van der Waals surface area contributed by atoms with Crippen molar-refractivity contribution < 1.29 is 0 Å². The molecule has 19 heavy (non-hydrogen) atoms. The summed E-state index contributed by atoms with van der Waals surface area (Å²) in [6, 6.07) is 9.11. The molecule has 0 bridgehead atoms. The normalized spacial score (nSPS) is 10.6. The molecule has 0 saturated carbocycles. The van der Waals surface area contributed by atoms with E-state index in [4.69, 9.17) is 17.3 Å². The average Bonchev–Trinajstić information content (AvgIpc) is 2.93. The first-order chi connectivity index (χ1) is 9.24. The number of anilines is 1. The van der Waals surface area contributed by atoms with E-state index in [1.807, 2.05) is 24.4 Å². The van der Waals surface area contributed by atoms with E-state index >= 15 is 0 Å². The van der Waals surface area contributed by atoms with E-state index in [1.54, 1.807) is 29.2 Å². The smallest absolute Gasteiger partial charge is 0.115 e. The summed E-state index contributed by atoms with van der Waals surface area (Å²) in [6.07, 6.45) is 5.28. The molecule has 0 aliphatic carbocycles. The van der Waals surface area contributed by atoms with Crippen LogP contribution in [0.2, 0.25) is 5.02 Å². The zero-order valence-electron chi connectivity index (χ0n) is 9.86. The van der Waals surface area contributed by atoms with Gasteiger partial charge in [0.05, 0.1) is 22.6 Å². The van der Waals surface area contributed by atoms with E-state index < -0.39 is 0 Å². The summed E-state index contributed by atoms with van der Waals surface area (Å²) in [5, 5.41) is 8.71. The molecule has 0 radical (unpaired) electrons. The molecule has 0 atom stereocenters. The van der Waals surface area contributed by atoms with Crippen LogP contribution in [0, 0.1) is 0 Å². The van der Waals surface area contributed by atoms with Gasteiger partial charge in [-0.3, -0.25) is 4.98 Å². The van der Waals surface area contributed by atoms with Gasteiger partial charge in [-0.2, -0.15) is 0 Å². The van der Waals surface area contributed by atoms with Gasteiger partial charge in [0.25, 0.3) is 0 Å². The van der Waals surface area contributed by atoms with Crippen molar-refractivity contribution in [3.63, 3.8) is 0 Å². The number of pyridine rings is 1. The van der Waals surface area contributed by atoms with Crippen molar-refractivity contribution in [2.24, 2.45) is 0 Å². The van der Waals surface area contributed by atoms with Gasteiger partial charge in [0, 0.05) is 18.0 Å². The average molecular weight is 272 g/mol. The standard InChI is InChI=1S/C13H10ClN5/c14-11-4-3-10(6-12(11)15)19-8-13(17-18-19)9-2-1-5-16-7-9/h1-8H,15H2. The van der Waals surface area contributed by atoms with Crippen molar-refractivity contribution >= 4 is 17.3 Å². The minimum atomic E-state index is 0.512. The molecular formula is C13H10ClN5. The van der Waals surface area contributed by atoms with Crippen LogP contribution in [-0.2, 0) is 0 Å². The number of hydrogen-bond acceptors (Lipinski definition) is 4. The molecule has 0 saturated heterocycles. The van der Waals surface area contributed by atoms with Crippen LogP contribution in [0.4, 0.5) is 5.69 Å². The first-order valence-electron chi connectivity index (χ1n) is 5.62. The first kappa shape index (κ1) is 11.7. The summed E-state index contributed by atoms with van der Waals surface area (Å²) in [4.78, 5) is 4.05. The van der Waals surface area contributed by atoms with Gasteiger partial charge in [0.2, 0.25) is 0 Å². The number of benzene rings is 1. The lowest BCUT2D eigenvalue weighted by atomic mass is 10.2. The lowest BCUT2D eigenvalue weighted by molar-refractivity contribution is 0.804. The second-order valence-corrected chi connectivity index (χ2v) is 4.40. The number of nitrogens with two attached hydrogens (primary N) is 1. The third-order valence-corrected chi connectivity index (χ3v) is 3.04. The van der Waals surface area contributed by atoms with Crippen LogP contribution in [-0.4, -0.2) is 20.0 Å². The van der Waals surface area contributed by atoms with Gasteiger partial charge >= 0.3 is 0 Å². The molecule has 3 rings (SSSR count). The molecule has 5 nitrogen and oxygen atoms in total. The van der Waals surface area contributed by atoms with Crippen LogP contribution in [0.3, 0.4) is 0 Å². The zero-order valence-corrected chi connectivity index (χ0v) is 10.6. The van der Waals surface area contributed by atoms with Gasteiger partial charge in [-0.25, -0.2) is 4.68 Å². The van der Waals surface area contributed by atoms with E-state index in [9.17, 15) is 0 Å². The minimum Gasteiger partial charge on any atom is -0.397 e. The highest BCUT2D eigenvalue weighted by Crippen LogP contribution is 2.22. The molecule has 1 aromatic carbocycles. The van der Waals surface area contributed by atoms with E-state index in [-0.39, 0.29) is 0 Å². The van der Waals surface area contributed by atoms with Crippen molar-refractivity contribution in [1.29, 1.82) is 0 Å². The topological polar surface area (TPSA) is 69.6 Å². The Morgan fingerprint density at radius 2 is 2.11 bits per heavy atom. The Morgan fingerprint density at radius 1 is 1.21 bits per heavy atom. The number of aromatic nitrogens is 4. The molecule has 3 aromatic rings. The molecular weight excluding hydrogens is 262 g/mol. The molecule has 0 fully saturated rings. The zero-order chi connectivity index (χ0) is 13.2. The van der Waals surface area contributed by atoms with Crippen LogP contribution in [0.25, 0.3) is 16.9 Å². The molecule has 0 spiro atoms. The summed E-state index contributed by atoms with van der Waals surface area (Å²) < 4.78 is 1.65. The van der Waals surface area contributed by atoms with Crippen molar-refractivity contribution in [2.75, 3.05) is 5.73 Å². The van der Waals surface area contributed by atoms with Gasteiger partial charge in [-0.15, -0.1) is 5.10 Å². The molecule has 6 heteroatoms. The van der Waals surface area contributed by atoms with Gasteiger partial charge in [-0.05, 0) is 30.3 Å². The van der Waals surface area contributed by atoms with E-state index in [0.717, 1.165) is 16.9 Å². The quantitative estimate of drug-likeness (QED) is 0.727. The monoisotopic (exact) mass is 271 g/mol. The fraction of sp³-hybridized carbons (Fsp3) is 0. The maximum atomic E-state index is 5.89. The molecule has 94 valence electrons. The Balaban J connectivity index is 1.99. The molecule has 2 N–H and O–H groups in total. The van der Waals surface area contributed by atoms with E-state index in [1.165, 1.54) is 0 Å².